The topological polar surface area (TPSA) is 76.4 Å². The molecule has 0 saturated carbocycles. The zero-order valence-electron chi connectivity index (χ0n) is 13.1. The third-order valence-electron chi connectivity index (χ3n) is 3.38. The molecule has 0 radical (unpaired) electrons. The van der Waals surface area contributed by atoms with Gasteiger partial charge in [-0.25, -0.2) is 9.78 Å². The minimum Gasteiger partial charge on any atom is -0.465 e. The smallest absolute Gasteiger partial charge is 0.465 e. The molecule has 0 fully saturated rings. The Labute approximate surface area is 145 Å². The number of hydrogen-bond acceptors (Lipinski definition) is 3. The molecular formula is C17H12F3N3O3. The Balaban J connectivity index is 1.76. The number of carboxylic acid groups (broad SMARTS) is 1. The predicted octanol–water partition coefficient (Wildman–Crippen LogP) is 4.53. The van der Waals surface area contributed by atoms with Crippen molar-refractivity contribution in [1.82, 2.24) is 9.55 Å². The van der Waals surface area contributed by atoms with E-state index in [9.17, 15) is 18.0 Å². The van der Waals surface area contributed by atoms with Gasteiger partial charge in [0, 0.05) is 23.1 Å². The zero-order chi connectivity index (χ0) is 18.7. The van der Waals surface area contributed by atoms with Gasteiger partial charge in [-0.2, -0.15) is 0 Å². The third-order valence-corrected chi connectivity index (χ3v) is 3.38. The lowest BCUT2D eigenvalue weighted by atomic mass is 10.1. The summed E-state index contributed by atoms with van der Waals surface area (Å²) in [5, 5.41) is 10.9. The maximum absolute atomic E-state index is 12.2. The van der Waals surface area contributed by atoms with E-state index in [2.05, 4.69) is 15.0 Å². The van der Waals surface area contributed by atoms with Gasteiger partial charge < -0.3 is 14.4 Å². The van der Waals surface area contributed by atoms with Crippen LogP contribution < -0.4 is 10.1 Å². The lowest BCUT2D eigenvalue weighted by molar-refractivity contribution is -0.274. The molecule has 2 N–H and O–H groups in total. The Morgan fingerprint density at radius 1 is 1.08 bits per heavy atom. The summed E-state index contributed by atoms with van der Waals surface area (Å²) in [6.45, 7) is 0. The molecule has 0 aliphatic heterocycles. The lowest BCUT2D eigenvalue weighted by Crippen LogP contribution is -2.17. The molecule has 0 saturated heterocycles. The summed E-state index contributed by atoms with van der Waals surface area (Å²) in [7, 11) is 0. The number of alkyl halides is 3. The van der Waals surface area contributed by atoms with Gasteiger partial charge in [0.25, 0.3) is 0 Å². The van der Waals surface area contributed by atoms with E-state index in [-0.39, 0.29) is 5.75 Å². The van der Waals surface area contributed by atoms with Crippen LogP contribution in [0.15, 0.2) is 61.1 Å². The first-order valence-electron chi connectivity index (χ1n) is 7.31. The van der Waals surface area contributed by atoms with E-state index in [1.165, 1.54) is 30.6 Å². The van der Waals surface area contributed by atoms with Gasteiger partial charge in [-0.1, -0.05) is 12.1 Å². The Bertz CT molecular complexity index is 903. The number of nitrogens with zero attached hydrogens (tertiary/aromatic N) is 2. The summed E-state index contributed by atoms with van der Waals surface area (Å²) < 4.78 is 42.0. The fraction of sp³-hybridized carbons (Fsp3) is 0.0588. The maximum atomic E-state index is 12.2. The zero-order valence-corrected chi connectivity index (χ0v) is 13.1. The van der Waals surface area contributed by atoms with Crippen molar-refractivity contribution in [3.63, 3.8) is 0 Å². The number of ether oxygens (including phenoxy) is 1. The first-order valence-corrected chi connectivity index (χ1v) is 7.31. The highest BCUT2D eigenvalue weighted by atomic mass is 19.4. The van der Waals surface area contributed by atoms with Crippen LogP contribution in [0.25, 0.3) is 16.9 Å². The number of amides is 1. The molecule has 26 heavy (non-hydrogen) atoms. The number of rotatable bonds is 4. The van der Waals surface area contributed by atoms with Crippen molar-refractivity contribution in [2.45, 2.75) is 6.36 Å². The minimum absolute atomic E-state index is 0.303. The molecule has 1 heterocycles. The second kappa shape index (κ2) is 6.79. The molecule has 134 valence electrons. The summed E-state index contributed by atoms with van der Waals surface area (Å²) >= 11 is 0. The average molecular weight is 363 g/mol. The quantitative estimate of drug-likeness (QED) is 0.714. The first kappa shape index (κ1) is 17.3. The number of aromatic nitrogens is 2. The number of nitrogens with one attached hydrogen (secondary N) is 1. The van der Waals surface area contributed by atoms with E-state index in [4.69, 9.17) is 5.11 Å². The largest absolute Gasteiger partial charge is 0.573 e. The monoisotopic (exact) mass is 363 g/mol. The Morgan fingerprint density at radius 3 is 2.31 bits per heavy atom. The molecule has 0 spiro atoms. The molecule has 0 atom stereocenters. The molecule has 2 aromatic carbocycles. The first-order chi connectivity index (χ1) is 12.3. The molecule has 0 aliphatic rings. The lowest BCUT2D eigenvalue weighted by Gasteiger charge is -2.09. The number of carbonyl (C=O) groups is 1. The van der Waals surface area contributed by atoms with Crippen LogP contribution in [0.3, 0.4) is 0 Å². The van der Waals surface area contributed by atoms with E-state index in [0.717, 1.165) is 5.56 Å². The fourth-order valence-electron chi connectivity index (χ4n) is 2.28. The van der Waals surface area contributed by atoms with E-state index < -0.39 is 12.5 Å². The number of hydrogen-bond donors (Lipinski definition) is 2. The van der Waals surface area contributed by atoms with Gasteiger partial charge in [0.15, 0.2) is 0 Å². The van der Waals surface area contributed by atoms with Crippen molar-refractivity contribution >= 4 is 11.8 Å². The molecule has 0 bridgehead atoms. The summed E-state index contributed by atoms with van der Waals surface area (Å²) in [6.07, 6.45) is -2.65. The van der Waals surface area contributed by atoms with Crippen molar-refractivity contribution in [3.05, 3.63) is 61.1 Å². The van der Waals surface area contributed by atoms with Gasteiger partial charge in [-0.3, -0.25) is 5.32 Å². The molecule has 6 nitrogen and oxygen atoms in total. The molecular weight excluding hydrogens is 351 g/mol. The van der Waals surface area contributed by atoms with E-state index in [1.54, 1.807) is 35.0 Å². The fourth-order valence-corrected chi connectivity index (χ4v) is 2.28. The normalized spacial score (nSPS) is 11.2. The molecule has 9 heteroatoms. The summed E-state index contributed by atoms with van der Waals surface area (Å²) in [4.78, 5) is 14.8. The number of halogens is 3. The highest BCUT2D eigenvalue weighted by molar-refractivity contribution is 5.83. The Hall–Kier alpha value is -3.49. The van der Waals surface area contributed by atoms with Crippen molar-refractivity contribution in [2.24, 2.45) is 0 Å². The van der Waals surface area contributed by atoms with Crippen LogP contribution in [0, 0.1) is 0 Å². The van der Waals surface area contributed by atoms with Gasteiger partial charge in [-0.15, -0.1) is 13.2 Å². The minimum atomic E-state index is -4.73. The van der Waals surface area contributed by atoms with Crippen LogP contribution in [0.1, 0.15) is 0 Å². The van der Waals surface area contributed by atoms with E-state index in [1.807, 2.05) is 0 Å². The highest BCUT2D eigenvalue weighted by Gasteiger charge is 2.30. The molecule has 0 aliphatic carbocycles. The highest BCUT2D eigenvalue weighted by Crippen LogP contribution is 2.25. The van der Waals surface area contributed by atoms with Crippen LogP contribution in [0.4, 0.5) is 23.7 Å². The van der Waals surface area contributed by atoms with Crippen LogP contribution in [0.2, 0.25) is 0 Å². The van der Waals surface area contributed by atoms with Crippen LogP contribution in [0.5, 0.6) is 5.75 Å². The number of anilines is 1. The molecule has 3 aromatic rings. The molecule has 1 aromatic heterocycles. The Kier molecular flexibility index (Phi) is 4.53. The van der Waals surface area contributed by atoms with Crippen LogP contribution >= 0.6 is 0 Å². The average Bonchev–Trinajstić information content (AvgIpc) is 3.04. The number of imidazole rings is 1. The van der Waals surface area contributed by atoms with Crippen molar-refractivity contribution in [2.75, 3.05) is 5.32 Å². The van der Waals surface area contributed by atoms with E-state index >= 15 is 0 Å². The third kappa shape index (κ3) is 4.32. The summed E-state index contributed by atoms with van der Waals surface area (Å²) in [5.41, 5.74) is 2.43. The van der Waals surface area contributed by atoms with Gasteiger partial charge in [0.05, 0.1) is 12.0 Å². The maximum Gasteiger partial charge on any atom is 0.573 e. The molecule has 3 rings (SSSR count). The number of benzene rings is 2. The van der Waals surface area contributed by atoms with Crippen LogP contribution in [-0.4, -0.2) is 27.1 Å². The second-order valence-electron chi connectivity index (χ2n) is 5.22. The molecule has 0 unspecified atom stereocenters. The van der Waals surface area contributed by atoms with Crippen molar-refractivity contribution < 1.29 is 27.8 Å². The molecule has 1 amide bonds. The Morgan fingerprint density at radius 2 is 1.73 bits per heavy atom. The van der Waals surface area contributed by atoms with Gasteiger partial charge in [-0.05, 0) is 36.4 Å². The second-order valence-corrected chi connectivity index (χ2v) is 5.22. The SMILES string of the molecule is O=C(O)Nc1ccc(-c2cn(-c3ccc(OC(F)(F)F)cc3)cn2)cc1. The van der Waals surface area contributed by atoms with Gasteiger partial charge in [0.2, 0.25) is 0 Å². The van der Waals surface area contributed by atoms with Gasteiger partial charge >= 0.3 is 12.5 Å². The van der Waals surface area contributed by atoms with Gasteiger partial charge in [0.1, 0.15) is 5.75 Å². The van der Waals surface area contributed by atoms with E-state index in [0.29, 0.717) is 17.1 Å². The summed E-state index contributed by atoms with van der Waals surface area (Å²) in [5.74, 6) is -0.303. The summed E-state index contributed by atoms with van der Waals surface area (Å²) in [6, 6.07) is 12.0. The standard InChI is InChI=1S/C17H12F3N3O3/c18-17(19,20)26-14-7-5-13(6-8-14)23-9-15(21-10-23)11-1-3-12(4-2-11)22-16(24)25/h1-10,22H,(H,24,25). The van der Waals surface area contributed by atoms with Crippen LogP contribution in [-0.2, 0) is 0 Å². The van der Waals surface area contributed by atoms with Crippen molar-refractivity contribution in [3.8, 4) is 22.7 Å². The predicted molar refractivity (Wildman–Crippen MR) is 87.3 cm³/mol. The van der Waals surface area contributed by atoms with Crippen molar-refractivity contribution in [1.29, 1.82) is 0 Å².